The zero-order valence-electron chi connectivity index (χ0n) is 16.4. The van der Waals surface area contributed by atoms with Crippen LogP contribution in [0.2, 0.25) is 0 Å². The third-order valence-corrected chi connectivity index (χ3v) is 5.96. The molecule has 1 aromatic rings. The van der Waals surface area contributed by atoms with Crippen molar-refractivity contribution in [3.05, 3.63) is 48.6 Å². The van der Waals surface area contributed by atoms with Crippen molar-refractivity contribution in [3.63, 3.8) is 0 Å². The standard InChI is InChI=1S/C22H29N3O3/c1-3-4-12-18(26)25-19(16-10-6-5-7-11-16)17(20(27)23-2)15-22(25)13-8-9-14-24-21(22)28/h3,5-7,10-11,17,19H,1,4,8-9,12-15H2,2H3,(H,23,27)(H,24,28)/t17-,19-,22-/m0/s1. The Bertz CT molecular complexity index is 749. The number of amides is 3. The van der Waals surface area contributed by atoms with Crippen LogP contribution < -0.4 is 10.6 Å². The van der Waals surface area contributed by atoms with Gasteiger partial charge in [0.15, 0.2) is 0 Å². The van der Waals surface area contributed by atoms with E-state index < -0.39 is 17.5 Å². The van der Waals surface area contributed by atoms with Gasteiger partial charge in [-0.1, -0.05) is 36.4 Å². The average molecular weight is 383 g/mol. The third-order valence-electron chi connectivity index (χ3n) is 5.96. The number of hydrogen-bond donors (Lipinski definition) is 2. The smallest absolute Gasteiger partial charge is 0.246 e. The number of hydrogen-bond acceptors (Lipinski definition) is 3. The summed E-state index contributed by atoms with van der Waals surface area (Å²) in [5.74, 6) is -0.838. The van der Waals surface area contributed by atoms with Gasteiger partial charge in [-0.3, -0.25) is 14.4 Å². The first kappa shape index (κ1) is 20.1. The van der Waals surface area contributed by atoms with Crippen molar-refractivity contribution in [2.75, 3.05) is 13.6 Å². The van der Waals surface area contributed by atoms with Gasteiger partial charge in [0.2, 0.25) is 17.7 Å². The number of rotatable bonds is 5. The van der Waals surface area contributed by atoms with E-state index in [9.17, 15) is 14.4 Å². The van der Waals surface area contributed by atoms with Crippen LogP contribution in [0.4, 0.5) is 0 Å². The molecule has 3 amide bonds. The van der Waals surface area contributed by atoms with Gasteiger partial charge >= 0.3 is 0 Å². The minimum Gasteiger partial charge on any atom is -0.359 e. The SMILES string of the molecule is C=CCCC(=O)N1[C@@H](c2ccccc2)[C@@H](C(=O)NC)C[C@]12CCCCNC2=O. The average Bonchev–Trinajstić information content (AvgIpc) is 2.97. The number of carbonyl (C=O) groups excluding carboxylic acids is 3. The molecule has 0 unspecified atom stereocenters. The predicted molar refractivity (Wildman–Crippen MR) is 107 cm³/mol. The lowest BCUT2D eigenvalue weighted by atomic mass is 9.85. The highest BCUT2D eigenvalue weighted by molar-refractivity contribution is 5.95. The molecule has 0 saturated carbocycles. The maximum Gasteiger partial charge on any atom is 0.246 e. The fourth-order valence-corrected chi connectivity index (χ4v) is 4.66. The second kappa shape index (κ2) is 8.59. The van der Waals surface area contributed by atoms with Crippen LogP contribution in [0.15, 0.2) is 43.0 Å². The Morgan fingerprint density at radius 1 is 1.32 bits per heavy atom. The maximum atomic E-state index is 13.3. The van der Waals surface area contributed by atoms with Gasteiger partial charge in [0, 0.05) is 20.0 Å². The number of nitrogens with zero attached hydrogens (tertiary/aromatic N) is 1. The highest BCUT2D eigenvalue weighted by atomic mass is 16.2. The molecule has 2 aliphatic rings. The first-order valence-electron chi connectivity index (χ1n) is 10.0. The monoisotopic (exact) mass is 383 g/mol. The molecular formula is C22H29N3O3. The van der Waals surface area contributed by atoms with Crippen LogP contribution in [-0.4, -0.2) is 41.8 Å². The zero-order chi connectivity index (χ0) is 20.1. The summed E-state index contributed by atoms with van der Waals surface area (Å²) < 4.78 is 0. The normalized spacial score (nSPS) is 27.2. The van der Waals surface area contributed by atoms with Gasteiger partial charge in [0.25, 0.3) is 0 Å². The minimum absolute atomic E-state index is 0.0998. The van der Waals surface area contributed by atoms with E-state index in [1.807, 2.05) is 30.3 Å². The Balaban J connectivity index is 2.13. The summed E-state index contributed by atoms with van der Waals surface area (Å²) in [5, 5.41) is 5.72. The summed E-state index contributed by atoms with van der Waals surface area (Å²) >= 11 is 0. The molecule has 6 nitrogen and oxygen atoms in total. The van der Waals surface area contributed by atoms with E-state index in [1.54, 1.807) is 18.0 Å². The first-order valence-corrected chi connectivity index (χ1v) is 10.0. The third kappa shape index (κ3) is 3.55. The molecule has 2 aliphatic heterocycles. The van der Waals surface area contributed by atoms with Crippen LogP contribution in [0.25, 0.3) is 0 Å². The zero-order valence-corrected chi connectivity index (χ0v) is 16.4. The highest BCUT2D eigenvalue weighted by Crippen LogP contribution is 2.50. The van der Waals surface area contributed by atoms with Gasteiger partial charge in [-0.2, -0.15) is 0 Å². The van der Waals surface area contributed by atoms with E-state index in [1.165, 1.54) is 0 Å². The van der Waals surface area contributed by atoms with Crippen LogP contribution in [0, 0.1) is 5.92 Å². The van der Waals surface area contributed by atoms with Crippen molar-refractivity contribution >= 4 is 17.7 Å². The van der Waals surface area contributed by atoms with Crippen molar-refractivity contribution in [1.29, 1.82) is 0 Å². The predicted octanol–water partition coefficient (Wildman–Crippen LogP) is 2.33. The lowest BCUT2D eigenvalue weighted by Gasteiger charge is -2.39. The van der Waals surface area contributed by atoms with Crippen molar-refractivity contribution in [2.24, 2.45) is 5.92 Å². The topological polar surface area (TPSA) is 78.5 Å². The molecule has 1 spiro atoms. The molecule has 0 bridgehead atoms. The van der Waals surface area contributed by atoms with E-state index in [2.05, 4.69) is 17.2 Å². The molecule has 2 saturated heterocycles. The van der Waals surface area contributed by atoms with Gasteiger partial charge in [-0.15, -0.1) is 6.58 Å². The largest absolute Gasteiger partial charge is 0.359 e. The lowest BCUT2D eigenvalue weighted by molar-refractivity contribution is -0.147. The molecular weight excluding hydrogens is 354 g/mol. The number of likely N-dealkylation sites (tertiary alicyclic amines) is 1. The van der Waals surface area contributed by atoms with Crippen LogP contribution in [0.1, 0.15) is 50.1 Å². The summed E-state index contributed by atoms with van der Waals surface area (Å²) in [6.45, 7) is 4.32. The van der Waals surface area contributed by atoms with Crippen LogP contribution in [0.3, 0.4) is 0 Å². The molecule has 0 aliphatic carbocycles. The van der Waals surface area contributed by atoms with Crippen molar-refractivity contribution in [2.45, 2.75) is 50.1 Å². The molecule has 150 valence electrons. The van der Waals surface area contributed by atoms with E-state index in [0.717, 1.165) is 18.4 Å². The Labute approximate surface area is 166 Å². The number of carbonyl (C=O) groups is 3. The first-order chi connectivity index (χ1) is 13.5. The fourth-order valence-electron chi connectivity index (χ4n) is 4.66. The van der Waals surface area contributed by atoms with Gasteiger partial charge in [-0.05, 0) is 37.7 Å². The molecule has 6 heteroatoms. The van der Waals surface area contributed by atoms with Crippen LogP contribution in [-0.2, 0) is 14.4 Å². The molecule has 3 rings (SSSR count). The van der Waals surface area contributed by atoms with Gasteiger partial charge < -0.3 is 15.5 Å². The van der Waals surface area contributed by atoms with E-state index in [0.29, 0.717) is 25.8 Å². The maximum absolute atomic E-state index is 13.3. The number of benzene rings is 1. The van der Waals surface area contributed by atoms with E-state index in [-0.39, 0.29) is 24.1 Å². The van der Waals surface area contributed by atoms with Gasteiger partial charge in [-0.25, -0.2) is 0 Å². The molecule has 1 aromatic carbocycles. The molecule has 2 fully saturated rings. The quantitative estimate of drug-likeness (QED) is 0.766. The minimum atomic E-state index is -0.980. The highest BCUT2D eigenvalue weighted by Gasteiger charge is 2.59. The summed E-state index contributed by atoms with van der Waals surface area (Å²) in [6.07, 6.45) is 5.17. The Hall–Kier alpha value is -2.63. The van der Waals surface area contributed by atoms with Gasteiger partial charge in [0.05, 0.1) is 12.0 Å². The molecule has 2 heterocycles. The lowest BCUT2D eigenvalue weighted by Crippen LogP contribution is -2.57. The molecule has 28 heavy (non-hydrogen) atoms. The summed E-state index contributed by atoms with van der Waals surface area (Å²) in [7, 11) is 1.60. The Morgan fingerprint density at radius 3 is 2.75 bits per heavy atom. The summed E-state index contributed by atoms with van der Waals surface area (Å²) in [4.78, 5) is 41.1. The van der Waals surface area contributed by atoms with Gasteiger partial charge in [0.1, 0.15) is 5.54 Å². The van der Waals surface area contributed by atoms with Crippen molar-refractivity contribution < 1.29 is 14.4 Å². The van der Waals surface area contributed by atoms with E-state index >= 15 is 0 Å². The second-order valence-electron chi connectivity index (χ2n) is 7.62. The second-order valence-corrected chi connectivity index (χ2v) is 7.62. The van der Waals surface area contributed by atoms with Crippen LogP contribution in [0.5, 0.6) is 0 Å². The molecule has 0 radical (unpaired) electrons. The summed E-state index contributed by atoms with van der Waals surface area (Å²) in [5.41, 5.74) is -0.0936. The van der Waals surface area contributed by atoms with Crippen molar-refractivity contribution in [1.82, 2.24) is 15.5 Å². The van der Waals surface area contributed by atoms with Crippen molar-refractivity contribution in [3.8, 4) is 0 Å². The van der Waals surface area contributed by atoms with E-state index in [4.69, 9.17) is 0 Å². The number of nitrogens with one attached hydrogen (secondary N) is 2. The van der Waals surface area contributed by atoms with Crippen LogP contribution >= 0.6 is 0 Å². The molecule has 2 N–H and O–H groups in total. The molecule has 3 atom stereocenters. The fraction of sp³-hybridized carbons (Fsp3) is 0.500. The number of allylic oxidation sites excluding steroid dienone is 1. The Morgan fingerprint density at radius 2 is 2.07 bits per heavy atom. The Kier molecular flexibility index (Phi) is 6.17. The summed E-state index contributed by atoms with van der Waals surface area (Å²) in [6, 6.07) is 9.12. The molecule has 0 aromatic heterocycles.